The van der Waals surface area contributed by atoms with Crippen LogP contribution < -0.4 is 4.90 Å². The summed E-state index contributed by atoms with van der Waals surface area (Å²) in [5.41, 5.74) is 4.04. The largest absolute Gasteiger partial charge is 0.504 e. The third-order valence-electron chi connectivity index (χ3n) is 5.06. The van der Waals surface area contributed by atoms with Crippen molar-refractivity contribution in [1.29, 1.82) is 5.26 Å². The topological polar surface area (TPSA) is 76.7 Å². The van der Waals surface area contributed by atoms with Gasteiger partial charge < -0.3 is 19.8 Å². The van der Waals surface area contributed by atoms with Crippen LogP contribution in [0.25, 0.3) is 11.6 Å². The summed E-state index contributed by atoms with van der Waals surface area (Å²) in [4.78, 5) is 2.26. The zero-order chi connectivity index (χ0) is 22.4. The zero-order valence-corrected chi connectivity index (χ0v) is 18.0. The number of hydrogen-bond acceptors (Lipinski definition) is 5. The minimum absolute atomic E-state index is 0.167. The lowest BCUT2D eigenvalue weighted by atomic mass is 9.98. The first-order valence-electron chi connectivity index (χ1n) is 10.2. The van der Waals surface area contributed by atoms with Gasteiger partial charge in [-0.15, -0.1) is 0 Å². The van der Waals surface area contributed by atoms with Gasteiger partial charge in [0.1, 0.15) is 17.6 Å². The highest BCUT2D eigenvalue weighted by Crippen LogP contribution is 2.29. The molecule has 0 amide bonds. The molecule has 0 bridgehead atoms. The fraction of sp³-hybridized carbons (Fsp3) is 0.192. The molecule has 158 valence electrons. The lowest BCUT2D eigenvalue weighted by Gasteiger charge is -2.21. The van der Waals surface area contributed by atoms with E-state index in [2.05, 4.69) is 24.8 Å². The Kier molecular flexibility index (Phi) is 6.84. The summed E-state index contributed by atoms with van der Waals surface area (Å²) in [7, 11) is 0. The molecule has 0 spiro atoms. The number of nitriles is 1. The van der Waals surface area contributed by atoms with Gasteiger partial charge in [-0.1, -0.05) is 24.3 Å². The molecule has 0 saturated heterocycles. The van der Waals surface area contributed by atoms with Crippen LogP contribution in [0.5, 0.6) is 11.5 Å². The van der Waals surface area contributed by atoms with Gasteiger partial charge in [0.2, 0.25) is 0 Å². The maximum Gasteiger partial charge on any atom is 0.157 e. The highest BCUT2D eigenvalue weighted by molar-refractivity contribution is 5.84. The SMILES string of the molecule is CCN(CC)c1ccc(C(C#N)=C2C=C(C)OC(C=Cc3ccc(O)c(O)c3)=C2)cc1. The number of aromatic hydroxyl groups is 2. The maximum atomic E-state index is 9.85. The normalized spacial score (nSPS) is 15.0. The van der Waals surface area contributed by atoms with Gasteiger partial charge in [0.15, 0.2) is 11.5 Å². The molecule has 0 fully saturated rings. The standard InChI is InChI=1S/C26H26N2O3/c1-4-28(5-2)22-10-8-20(9-11-22)24(17-27)21-14-18(3)31-23(16-21)12-6-19-7-13-25(29)26(30)15-19/h6-16,29-30H,4-5H2,1-3H3. The average molecular weight is 415 g/mol. The molecule has 2 aromatic carbocycles. The lowest BCUT2D eigenvalue weighted by Crippen LogP contribution is -2.21. The Morgan fingerprint density at radius 1 is 1.00 bits per heavy atom. The number of allylic oxidation sites excluding steroid dienone is 6. The smallest absolute Gasteiger partial charge is 0.157 e. The van der Waals surface area contributed by atoms with Crippen molar-refractivity contribution in [1.82, 2.24) is 0 Å². The van der Waals surface area contributed by atoms with Crippen LogP contribution in [0.3, 0.4) is 0 Å². The molecule has 5 nitrogen and oxygen atoms in total. The van der Waals surface area contributed by atoms with Gasteiger partial charge in [-0.3, -0.25) is 0 Å². The quantitative estimate of drug-likeness (QED) is 0.465. The molecule has 2 N–H and O–H groups in total. The Balaban J connectivity index is 1.93. The van der Waals surface area contributed by atoms with Crippen LogP contribution in [0.2, 0.25) is 0 Å². The van der Waals surface area contributed by atoms with Gasteiger partial charge in [0, 0.05) is 18.8 Å². The summed E-state index contributed by atoms with van der Waals surface area (Å²) in [5, 5.41) is 28.9. The number of phenols is 2. The Hall–Kier alpha value is -3.91. The molecular formula is C26H26N2O3. The molecular weight excluding hydrogens is 388 g/mol. The van der Waals surface area contributed by atoms with Crippen LogP contribution in [0.1, 0.15) is 31.9 Å². The van der Waals surface area contributed by atoms with Gasteiger partial charge in [0.25, 0.3) is 0 Å². The third-order valence-corrected chi connectivity index (χ3v) is 5.06. The first-order valence-corrected chi connectivity index (χ1v) is 10.2. The van der Waals surface area contributed by atoms with E-state index in [1.807, 2.05) is 43.3 Å². The summed E-state index contributed by atoms with van der Waals surface area (Å²) in [6, 6.07) is 14.9. The summed E-state index contributed by atoms with van der Waals surface area (Å²) >= 11 is 0. The van der Waals surface area contributed by atoms with E-state index >= 15 is 0 Å². The summed E-state index contributed by atoms with van der Waals surface area (Å²) in [6.45, 7) is 7.94. The molecule has 1 aliphatic heterocycles. The molecule has 2 aromatic rings. The molecule has 0 aliphatic carbocycles. The Morgan fingerprint density at radius 3 is 2.32 bits per heavy atom. The molecule has 5 heteroatoms. The first kappa shape index (κ1) is 21.8. The Bertz CT molecular complexity index is 1110. The Labute approximate surface area is 183 Å². The molecule has 31 heavy (non-hydrogen) atoms. The van der Waals surface area contributed by atoms with E-state index in [1.54, 1.807) is 18.2 Å². The van der Waals surface area contributed by atoms with E-state index in [9.17, 15) is 15.5 Å². The van der Waals surface area contributed by atoms with Crippen molar-refractivity contribution in [3.05, 3.63) is 88.9 Å². The second-order valence-corrected chi connectivity index (χ2v) is 7.15. The molecule has 0 radical (unpaired) electrons. The van der Waals surface area contributed by atoms with Gasteiger partial charge in [-0.2, -0.15) is 5.26 Å². The Morgan fingerprint density at radius 2 is 1.71 bits per heavy atom. The fourth-order valence-electron chi connectivity index (χ4n) is 3.43. The molecule has 1 heterocycles. The van der Waals surface area contributed by atoms with Crippen molar-refractivity contribution in [2.45, 2.75) is 20.8 Å². The van der Waals surface area contributed by atoms with Crippen LogP contribution >= 0.6 is 0 Å². The summed E-state index contributed by atoms with van der Waals surface area (Å²) in [5.74, 6) is 0.908. The molecule has 0 saturated carbocycles. The van der Waals surface area contributed by atoms with E-state index in [-0.39, 0.29) is 11.5 Å². The van der Waals surface area contributed by atoms with E-state index in [0.717, 1.165) is 29.9 Å². The molecule has 0 unspecified atom stereocenters. The number of hydrogen-bond donors (Lipinski definition) is 2. The number of ether oxygens (including phenoxy) is 1. The minimum atomic E-state index is -0.183. The number of nitrogens with zero attached hydrogens (tertiary/aromatic N) is 2. The molecule has 0 atom stereocenters. The number of phenolic OH excluding ortho intramolecular Hbond substituents is 2. The second kappa shape index (κ2) is 9.73. The van der Waals surface area contributed by atoms with Crippen LogP contribution in [0, 0.1) is 11.3 Å². The van der Waals surface area contributed by atoms with Crippen molar-refractivity contribution in [2.75, 3.05) is 18.0 Å². The highest BCUT2D eigenvalue weighted by atomic mass is 16.5. The minimum Gasteiger partial charge on any atom is -0.504 e. The van der Waals surface area contributed by atoms with E-state index in [0.29, 0.717) is 22.7 Å². The lowest BCUT2D eigenvalue weighted by molar-refractivity contribution is 0.318. The molecule has 1 aliphatic rings. The molecule has 0 aromatic heterocycles. The highest BCUT2D eigenvalue weighted by Gasteiger charge is 2.13. The van der Waals surface area contributed by atoms with Crippen LogP contribution in [0.4, 0.5) is 5.69 Å². The van der Waals surface area contributed by atoms with Crippen LogP contribution in [-0.4, -0.2) is 23.3 Å². The first-order chi connectivity index (χ1) is 14.9. The van der Waals surface area contributed by atoms with Crippen LogP contribution in [-0.2, 0) is 4.74 Å². The van der Waals surface area contributed by atoms with E-state index < -0.39 is 0 Å². The van der Waals surface area contributed by atoms with Crippen molar-refractivity contribution >= 4 is 17.3 Å². The van der Waals surface area contributed by atoms with E-state index in [4.69, 9.17) is 4.74 Å². The molecule has 3 rings (SSSR count). The predicted octanol–water partition coefficient (Wildman–Crippen LogP) is 5.75. The average Bonchev–Trinajstić information content (AvgIpc) is 2.77. The summed E-state index contributed by atoms with van der Waals surface area (Å²) < 4.78 is 5.78. The number of rotatable bonds is 6. The monoisotopic (exact) mass is 414 g/mol. The van der Waals surface area contributed by atoms with Gasteiger partial charge in [0.05, 0.1) is 5.57 Å². The zero-order valence-electron chi connectivity index (χ0n) is 18.0. The van der Waals surface area contributed by atoms with Crippen LogP contribution in [0.15, 0.2) is 77.8 Å². The van der Waals surface area contributed by atoms with Crippen molar-refractivity contribution in [3.8, 4) is 17.6 Å². The van der Waals surface area contributed by atoms with E-state index in [1.165, 1.54) is 12.1 Å². The van der Waals surface area contributed by atoms with Crippen molar-refractivity contribution < 1.29 is 14.9 Å². The predicted molar refractivity (Wildman–Crippen MR) is 124 cm³/mol. The summed E-state index contributed by atoms with van der Waals surface area (Å²) in [6.07, 6.45) is 7.20. The third kappa shape index (κ3) is 5.18. The van der Waals surface area contributed by atoms with Gasteiger partial charge in [-0.25, -0.2) is 0 Å². The number of benzene rings is 2. The fourth-order valence-corrected chi connectivity index (χ4v) is 3.43. The van der Waals surface area contributed by atoms with Crippen molar-refractivity contribution in [2.24, 2.45) is 0 Å². The second-order valence-electron chi connectivity index (χ2n) is 7.15. The van der Waals surface area contributed by atoms with Gasteiger partial charge in [-0.05, 0) is 80.0 Å². The van der Waals surface area contributed by atoms with Gasteiger partial charge >= 0.3 is 0 Å². The maximum absolute atomic E-state index is 9.85. The van der Waals surface area contributed by atoms with Crippen molar-refractivity contribution in [3.63, 3.8) is 0 Å². The number of anilines is 1.